The standard InChI is InChI=1S/C12H22N2O2/c1-9-4-3-6-14(10(9)2)12(15)11-8-16-7-5-13-11/h9-11,13H,3-8H2,1-2H3. The van der Waals surface area contributed by atoms with E-state index in [2.05, 4.69) is 19.2 Å². The summed E-state index contributed by atoms with van der Waals surface area (Å²) in [6, 6.07) is 0.242. The Balaban J connectivity index is 1.96. The van der Waals surface area contributed by atoms with E-state index in [1.807, 2.05) is 4.90 Å². The third-order valence-corrected chi connectivity index (χ3v) is 3.88. The second-order valence-corrected chi connectivity index (χ2v) is 4.97. The molecule has 2 aliphatic heterocycles. The van der Waals surface area contributed by atoms with Gasteiger partial charge in [-0.15, -0.1) is 0 Å². The first-order chi connectivity index (χ1) is 7.70. The Bertz CT molecular complexity index is 251. The predicted octanol–water partition coefficient (Wildman–Crippen LogP) is 0.622. The van der Waals surface area contributed by atoms with E-state index in [1.165, 1.54) is 6.42 Å². The minimum absolute atomic E-state index is 0.124. The number of nitrogens with zero attached hydrogens (tertiary/aromatic N) is 1. The number of carbonyl (C=O) groups excluding carboxylic acids is 1. The molecular weight excluding hydrogens is 204 g/mol. The molecule has 0 aromatic heterocycles. The highest BCUT2D eigenvalue weighted by molar-refractivity contribution is 5.82. The Hall–Kier alpha value is -0.610. The van der Waals surface area contributed by atoms with Crippen LogP contribution in [-0.4, -0.2) is 49.2 Å². The maximum absolute atomic E-state index is 12.3. The van der Waals surface area contributed by atoms with Crippen LogP contribution < -0.4 is 5.32 Å². The number of rotatable bonds is 1. The normalized spacial score (nSPS) is 36.1. The van der Waals surface area contributed by atoms with Crippen molar-refractivity contribution < 1.29 is 9.53 Å². The molecular formula is C12H22N2O2. The van der Waals surface area contributed by atoms with E-state index in [-0.39, 0.29) is 11.9 Å². The summed E-state index contributed by atoms with van der Waals surface area (Å²) >= 11 is 0. The fraction of sp³-hybridized carbons (Fsp3) is 0.917. The van der Waals surface area contributed by atoms with Gasteiger partial charge in [-0.3, -0.25) is 4.79 Å². The van der Waals surface area contributed by atoms with E-state index in [0.29, 0.717) is 18.6 Å². The van der Waals surface area contributed by atoms with E-state index in [9.17, 15) is 4.79 Å². The van der Waals surface area contributed by atoms with Crippen molar-refractivity contribution >= 4 is 5.91 Å². The van der Waals surface area contributed by atoms with Gasteiger partial charge in [0.15, 0.2) is 0 Å². The lowest BCUT2D eigenvalue weighted by Crippen LogP contribution is -2.56. The van der Waals surface area contributed by atoms with Crippen LogP contribution in [-0.2, 0) is 9.53 Å². The molecule has 2 rings (SSSR count). The molecule has 92 valence electrons. The number of nitrogens with one attached hydrogen (secondary N) is 1. The number of amides is 1. The van der Waals surface area contributed by atoms with Crippen LogP contribution in [0.3, 0.4) is 0 Å². The summed E-state index contributed by atoms with van der Waals surface area (Å²) in [5.41, 5.74) is 0. The third kappa shape index (κ3) is 2.38. The van der Waals surface area contributed by atoms with Crippen LogP contribution in [0.1, 0.15) is 26.7 Å². The average Bonchev–Trinajstić information content (AvgIpc) is 2.33. The lowest BCUT2D eigenvalue weighted by molar-refractivity contribution is -0.141. The summed E-state index contributed by atoms with van der Waals surface area (Å²) in [6.45, 7) is 7.32. The van der Waals surface area contributed by atoms with Gasteiger partial charge in [-0.25, -0.2) is 0 Å². The van der Waals surface area contributed by atoms with Gasteiger partial charge >= 0.3 is 0 Å². The summed E-state index contributed by atoms with van der Waals surface area (Å²) in [5.74, 6) is 0.834. The molecule has 4 nitrogen and oxygen atoms in total. The first-order valence-corrected chi connectivity index (χ1v) is 6.31. The zero-order valence-corrected chi connectivity index (χ0v) is 10.2. The smallest absolute Gasteiger partial charge is 0.242 e. The lowest BCUT2D eigenvalue weighted by atomic mass is 9.91. The summed E-state index contributed by atoms with van der Waals surface area (Å²) in [5, 5.41) is 3.24. The first kappa shape index (κ1) is 11.9. The molecule has 16 heavy (non-hydrogen) atoms. The van der Waals surface area contributed by atoms with Gasteiger partial charge in [0.25, 0.3) is 0 Å². The lowest BCUT2D eigenvalue weighted by Gasteiger charge is -2.40. The fourth-order valence-electron chi connectivity index (χ4n) is 2.57. The summed E-state index contributed by atoms with van der Waals surface area (Å²) in [6.07, 6.45) is 2.37. The Morgan fingerprint density at radius 3 is 2.94 bits per heavy atom. The van der Waals surface area contributed by atoms with Gasteiger partial charge in [-0.05, 0) is 25.7 Å². The van der Waals surface area contributed by atoms with Gasteiger partial charge in [0, 0.05) is 19.1 Å². The molecule has 1 N–H and O–H groups in total. The van der Waals surface area contributed by atoms with Gasteiger partial charge < -0.3 is 15.0 Å². The number of piperidine rings is 1. The van der Waals surface area contributed by atoms with Crippen LogP contribution in [0, 0.1) is 5.92 Å². The SMILES string of the molecule is CC1CCCN(C(=O)C2COCCN2)C1C. The van der Waals surface area contributed by atoms with Gasteiger partial charge in [-0.2, -0.15) is 0 Å². The van der Waals surface area contributed by atoms with E-state index in [0.717, 1.165) is 26.1 Å². The number of hydrogen-bond donors (Lipinski definition) is 1. The number of hydrogen-bond acceptors (Lipinski definition) is 3. The van der Waals surface area contributed by atoms with Crippen LogP contribution in [0.5, 0.6) is 0 Å². The minimum atomic E-state index is -0.124. The van der Waals surface area contributed by atoms with Gasteiger partial charge in [0.2, 0.25) is 5.91 Å². The van der Waals surface area contributed by atoms with Crippen molar-refractivity contribution in [2.45, 2.75) is 38.8 Å². The third-order valence-electron chi connectivity index (χ3n) is 3.88. The molecule has 2 fully saturated rings. The highest BCUT2D eigenvalue weighted by atomic mass is 16.5. The summed E-state index contributed by atoms with van der Waals surface area (Å²) < 4.78 is 5.35. The molecule has 0 aliphatic carbocycles. The van der Waals surface area contributed by atoms with Crippen LogP contribution in [0.4, 0.5) is 0 Å². The molecule has 0 aromatic rings. The molecule has 0 spiro atoms. The zero-order chi connectivity index (χ0) is 11.5. The van der Waals surface area contributed by atoms with E-state index in [1.54, 1.807) is 0 Å². The molecule has 3 atom stereocenters. The number of morpholine rings is 1. The second kappa shape index (κ2) is 5.15. The molecule has 2 saturated heterocycles. The molecule has 0 saturated carbocycles. The molecule has 0 aromatic carbocycles. The van der Waals surface area contributed by atoms with Gasteiger partial charge in [0.05, 0.1) is 13.2 Å². The van der Waals surface area contributed by atoms with Crippen LogP contribution in [0.25, 0.3) is 0 Å². The molecule has 0 radical (unpaired) electrons. The fourth-order valence-corrected chi connectivity index (χ4v) is 2.57. The molecule has 0 bridgehead atoms. The van der Waals surface area contributed by atoms with E-state index >= 15 is 0 Å². The van der Waals surface area contributed by atoms with Crippen LogP contribution >= 0.6 is 0 Å². The van der Waals surface area contributed by atoms with Crippen molar-refractivity contribution in [3.8, 4) is 0 Å². The number of likely N-dealkylation sites (tertiary alicyclic amines) is 1. The Kier molecular flexibility index (Phi) is 3.82. The topological polar surface area (TPSA) is 41.6 Å². The van der Waals surface area contributed by atoms with E-state index in [4.69, 9.17) is 4.74 Å². The quantitative estimate of drug-likeness (QED) is 0.713. The number of carbonyl (C=O) groups is 1. The highest BCUT2D eigenvalue weighted by Gasteiger charge is 2.33. The average molecular weight is 226 g/mol. The van der Waals surface area contributed by atoms with Crippen LogP contribution in [0.2, 0.25) is 0 Å². The summed E-state index contributed by atoms with van der Waals surface area (Å²) in [4.78, 5) is 14.3. The second-order valence-electron chi connectivity index (χ2n) is 4.97. The predicted molar refractivity (Wildman–Crippen MR) is 62.2 cm³/mol. The molecule has 2 aliphatic rings. The number of ether oxygens (including phenoxy) is 1. The van der Waals surface area contributed by atoms with Crippen molar-refractivity contribution in [1.29, 1.82) is 0 Å². The highest BCUT2D eigenvalue weighted by Crippen LogP contribution is 2.23. The van der Waals surface area contributed by atoms with Gasteiger partial charge in [-0.1, -0.05) is 6.92 Å². The van der Waals surface area contributed by atoms with Crippen molar-refractivity contribution in [3.63, 3.8) is 0 Å². The Morgan fingerprint density at radius 1 is 1.44 bits per heavy atom. The summed E-state index contributed by atoms with van der Waals surface area (Å²) in [7, 11) is 0. The maximum Gasteiger partial charge on any atom is 0.242 e. The Labute approximate surface area is 97.3 Å². The van der Waals surface area contributed by atoms with E-state index < -0.39 is 0 Å². The van der Waals surface area contributed by atoms with Crippen molar-refractivity contribution in [2.24, 2.45) is 5.92 Å². The van der Waals surface area contributed by atoms with Crippen LogP contribution in [0.15, 0.2) is 0 Å². The van der Waals surface area contributed by atoms with Crippen molar-refractivity contribution in [3.05, 3.63) is 0 Å². The minimum Gasteiger partial charge on any atom is -0.378 e. The van der Waals surface area contributed by atoms with Crippen molar-refractivity contribution in [2.75, 3.05) is 26.3 Å². The molecule has 1 amide bonds. The molecule has 2 heterocycles. The monoisotopic (exact) mass is 226 g/mol. The zero-order valence-electron chi connectivity index (χ0n) is 10.2. The molecule has 4 heteroatoms. The maximum atomic E-state index is 12.3. The van der Waals surface area contributed by atoms with Gasteiger partial charge in [0.1, 0.15) is 6.04 Å². The Morgan fingerprint density at radius 2 is 2.25 bits per heavy atom. The first-order valence-electron chi connectivity index (χ1n) is 6.31. The molecule has 3 unspecified atom stereocenters. The largest absolute Gasteiger partial charge is 0.378 e. The van der Waals surface area contributed by atoms with Crippen molar-refractivity contribution in [1.82, 2.24) is 10.2 Å².